The number of carbonyl (C=O) groups is 1. The van der Waals surface area contributed by atoms with Crippen LogP contribution in [0.1, 0.15) is 28.9 Å². The molecule has 0 saturated heterocycles. The summed E-state index contributed by atoms with van der Waals surface area (Å²) in [5.74, 6) is -0.565. The normalized spacial score (nSPS) is 11.8. The van der Waals surface area contributed by atoms with Crippen molar-refractivity contribution in [2.45, 2.75) is 17.9 Å². The van der Waals surface area contributed by atoms with Crippen LogP contribution in [0.25, 0.3) is 0 Å². The summed E-state index contributed by atoms with van der Waals surface area (Å²) in [7, 11) is 0. The molecule has 0 aliphatic heterocycles. The van der Waals surface area contributed by atoms with Gasteiger partial charge in [0.15, 0.2) is 0 Å². The zero-order valence-electron chi connectivity index (χ0n) is 12.5. The zero-order valence-corrected chi connectivity index (χ0v) is 14.1. The molecular weight excluding hydrogens is 338 g/mol. The Kier molecular flexibility index (Phi) is 5.63. The second-order valence-electron chi connectivity index (χ2n) is 4.75. The molecule has 0 bridgehead atoms. The highest BCUT2D eigenvalue weighted by atomic mass is 35.5. The first-order chi connectivity index (χ1) is 10.9. The number of benzene rings is 2. The van der Waals surface area contributed by atoms with E-state index in [0.29, 0.717) is 10.6 Å². The number of carbonyl (C=O) groups excluding carboxylic acids is 1. The molecule has 0 N–H and O–H groups in total. The summed E-state index contributed by atoms with van der Waals surface area (Å²) in [6, 6.07) is 11.1. The number of rotatable bonds is 5. The monoisotopic (exact) mass is 351 g/mol. The molecule has 0 amide bonds. The summed E-state index contributed by atoms with van der Waals surface area (Å²) in [4.78, 5) is 23.5. The van der Waals surface area contributed by atoms with Gasteiger partial charge in [-0.3, -0.25) is 10.1 Å². The van der Waals surface area contributed by atoms with E-state index >= 15 is 0 Å². The number of hydrogen-bond acceptors (Lipinski definition) is 5. The molecule has 0 saturated carbocycles. The van der Waals surface area contributed by atoms with Gasteiger partial charge in [-0.2, -0.15) is 0 Å². The lowest BCUT2D eigenvalue weighted by Crippen LogP contribution is -2.10. The minimum absolute atomic E-state index is 0.0483. The molecule has 5 nitrogen and oxygen atoms in total. The molecular formula is C16H14ClNO4S. The van der Waals surface area contributed by atoms with Crippen LogP contribution in [0.15, 0.2) is 47.4 Å². The fourth-order valence-corrected chi connectivity index (χ4v) is 2.61. The van der Waals surface area contributed by atoms with Gasteiger partial charge in [0.05, 0.1) is 15.5 Å². The predicted molar refractivity (Wildman–Crippen MR) is 90.2 cm³/mol. The van der Waals surface area contributed by atoms with Crippen LogP contribution in [0, 0.1) is 10.1 Å². The minimum atomic E-state index is -0.628. The third-order valence-corrected chi connectivity index (χ3v) is 4.28. The van der Waals surface area contributed by atoms with Gasteiger partial charge in [0.25, 0.3) is 5.69 Å². The summed E-state index contributed by atoms with van der Waals surface area (Å²) in [5.41, 5.74) is 0.772. The molecule has 2 aromatic carbocycles. The molecule has 0 radical (unpaired) electrons. The maximum atomic E-state index is 12.3. The summed E-state index contributed by atoms with van der Waals surface area (Å²) in [6.45, 7) is 1.66. The summed E-state index contributed by atoms with van der Waals surface area (Å²) < 4.78 is 5.38. The lowest BCUT2D eigenvalue weighted by Gasteiger charge is -2.14. The van der Waals surface area contributed by atoms with Gasteiger partial charge in [0, 0.05) is 17.0 Å². The van der Waals surface area contributed by atoms with Crippen molar-refractivity contribution < 1.29 is 14.5 Å². The van der Waals surface area contributed by atoms with Gasteiger partial charge in [-0.1, -0.05) is 23.7 Å². The average Bonchev–Trinajstić information content (AvgIpc) is 2.55. The summed E-state index contributed by atoms with van der Waals surface area (Å²) in [5, 5.41) is 11.1. The number of halogens is 1. The number of nitro benzene ring substituents is 1. The second-order valence-corrected chi connectivity index (χ2v) is 6.03. The van der Waals surface area contributed by atoms with E-state index in [2.05, 4.69) is 0 Å². The first-order valence-electron chi connectivity index (χ1n) is 6.71. The molecule has 7 heteroatoms. The predicted octanol–water partition coefficient (Wildman–Crippen LogP) is 4.89. The van der Waals surface area contributed by atoms with Crippen molar-refractivity contribution in [2.75, 3.05) is 6.26 Å². The Bertz CT molecular complexity index is 751. The van der Waals surface area contributed by atoms with Gasteiger partial charge in [0.1, 0.15) is 6.10 Å². The van der Waals surface area contributed by atoms with Gasteiger partial charge in [0.2, 0.25) is 0 Å². The van der Waals surface area contributed by atoms with Crippen molar-refractivity contribution in [1.82, 2.24) is 0 Å². The number of thioether (sulfide) groups is 1. The van der Waals surface area contributed by atoms with Crippen LogP contribution >= 0.6 is 23.4 Å². The van der Waals surface area contributed by atoms with Crippen LogP contribution in [0.3, 0.4) is 0 Å². The molecule has 0 aliphatic carbocycles. The van der Waals surface area contributed by atoms with Gasteiger partial charge < -0.3 is 4.74 Å². The zero-order chi connectivity index (χ0) is 17.0. The molecule has 0 spiro atoms. The highest BCUT2D eigenvalue weighted by molar-refractivity contribution is 7.98. The lowest BCUT2D eigenvalue weighted by atomic mass is 10.1. The van der Waals surface area contributed by atoms with E-state index < -0.39 is 17.0 Å². The number of non-ortho nitro benzene ring substituents is 1. The van der Waals surface area contributed by atoms with Crippen molar-refractivity contribution in [3.05, 3.63) is 68.7 Å². The highest BCUT2D eigenvalue weighted by Gasteiger charge is 2.18. The number of hydrogen-bond donors (Lipinski definition) is 0. The Hall–Kier alpha value is -2.05. The standard InChI is InChI=1S/C16H14ClNO4S/c1-10(11-4-3-5-12(8-11)18(20)21)22-16(19)14-9-13(23-2)6-7-15(14)17/h3-10H,1-2H3. The van der Waals surface area contributed by atoms with Gasteiger partial charge in [-0.05, 0) is 36.9 Å². The topological polar surface area (TPSA) is 69.4 Å². The maximum absolute atomic E-state index is 12.3. The maximum Gasteiger partial charge on any atom is 0.340 e. The second kappa shape index (κ2) is 7.48. The molecule has 1 unspecified atom stereocenters. The number of ether oxygens (including phenoxy) is 1. The highest BCUT2D eigenvalue weighted by Crippen LogP contribution is 2.27. The molecule has 0 heterocycles. The van der Waals surface area contributed by atoms with Gasteiger partial charge in [-0.15, -0.1) is 11.8 Å². The van der Waals surface area contributed by atoms with Crippen LogP contribution < -0.4 is 0 Å². The van der Waals surface area contributed by atoms with Crippen LogP contribution in [-0.2, 0) is 4.74 Å². The van der Waals surface area contributed by atoms with Crippen LogP contribution in [-0.4, -0.2) is 17.1 Å². The van der Waals surface area contributed by atoms with Gasteiger partial charge in [-0.25, -0.2) is 4.79 Å². The van der Waals surface area contributed by atoms with E-state index in [-0.39, 0.29) is 11.3 Å². The van der Waals surface area contributed by atoms with Crippen LogP contribution in [0.4, 0.5) is 5.69 Å². The van der Waals surface area contributed by atoms with Crippen molar-refractivity contribution in [2.24, 2.45) is 0 Å². The van der Waals surface area contributed by atoms with Crippen LogP contribution in [0.2, 0.25) is 5.02 Å². The minimum Gasteiger partial charge on any atom is -0.454 e. The Morgan fingerprint density at radius 3 is 2.70 bits per heavy atom. The Morgan fingerprint density at radius 1 is 1.30 bits per heavy atom. The fourth-order valence-electron chi connectivity index (χ4n) is 1.97. The molecule has 23 heavy (non-hydrogen) atoms. The quantitative estimate of drug-likeness (QED) is 0.332. The third kappa shape index (κ3) is 4.24. The van der Waals surface area contributed by atoms with E-state index in [1.54, 1.807) is 31.2 Å². The Morgan fingerprint density at radius 2 is 2.04 bits per heavy atom. The largest absolute Gasteiger partial charge is 0.454 e. The van der Waals surface area contributed by atoms with E-state index in [9.17, 15) is 14.9 Å². The van der Waals surface area contributed by atoms with E-state index in [0.717, 1.165) is 4.90 Å². The molecule has 2 rings (SSSR count). The third-order valence-electron chi connectivity index (χ3n) is 3.23. The molecule has 2 aromatic rings. The Labute approximate surface area is 142 Å². The Balaban J connectivity index is 2.20. The van der Waals surface area contributed by atoms with Gasteiger partial charge >= 0.3 is 5.97 Å². The molecule has 1 atom stereocenters. The molecule has 0 aromatic heterocycles. The SMILES string of the molecule is CSc1ccc(Cl)c(C(=O)OC(C)c2cccc([N+](=O)[O-])c2)c1. The van der Waals surface area contributed by atoms with Crippen molar-refractivity contribution in [3.63, 3.8) is 0 Å². The van der Waals surface area contributed by atoms with E-state index in [4.69, 9.17) is 16.3 Å². The van der Waals surface area contributed by atoms with E-state index in [1.807, 2.05) is 12.3 Å². The molecule has 120 valence electrons. The van der Waals surface area contributed by atoms with Crippen molar-refractivity contribution >= 4 is 35.0 Å². The average molecular weight is 352 g/mol. The lowest BCUT2D eigenvalue weighted by molar-refractivity contribution is -0.385. The first-order valence-corrected chi connectivity index (χ1v) is 8.31. The van der Waals surface area contributed by atoms with Crippen LogP contribution in [0.5, 0.6) is 0 Å². The number of esters is 1. The number of nitro groups is 1. The first kappa shape index (κ1) is 17.3. The molecule has 0 aliphatic rings. The van der Waals surface area contributed by atoms with Crippen molar-refractivity contribution in [3.8, 4) is 0 Å². The smallest absolute Gasteiger partial charge is 0.340 e. The summed E-state index contributed by atoms with van der Waals surface area (Å²) in [6.07, 6.45) is 1.26. The molecule has 0 fully saturated rings. The number of nitrogens with zero attached hydrogens (tertiary/aromatic N) is 1. The van der Waals surface area contributed by atoms with Crippen molar-refractivity contribution in [1.29, 1.82) is 0 Å². The fraction of sp³-hybridized carbons (Fsp3) is 0.188. The summed E-state index contributed by atoms with van der Waals surface area (Å²) >= 11 is 7.53. The van der Waals surface area contributed by atoms with E-state index in [1.165, 1.54) is 23.9 Å².